The third-order valence-electron chi connectivity index (χ3n) is 1.88. The molecule has 0 aliphatic rings. The first-order chi connectivity index (χ1) is 7.74. The average molecular weight is 217 g/mol. The molecular formula is C13H15NO2. The normalized spacial score (nSPS) is 9.44. The van der Waals surface area contributed by atoms with Crippen molar-refractivity contribution in [2.45, 2.75) is 20.0 Å². The van der Waals surface area contributed by atoms with Crippen LogP contribution in [0.2, 0.25) is 0 Å². The van der Waals surface area contributed by atoms with Crippen LogP contribution < -0.4 is 0 Å². The van der Waals surface area contributed by atoms with Gasteiger partial charge in [-0.2, -0.15) is 0 Å². The molecule has 1 aromatic carbocycles. The summed E-state index contributed by atoms with van der Waals surface area (Å²) in [6, 6.07) is 10.2. The predicted octanol–water partition coefficient (Wildman–Crippen LogP) is 2.80. The fourth-order valence-corrected chi connectivity index (χ4v) is 1.14. The van der Waals surface area contributed by atoms with Gasteiger partial charge in [-0.15, -0.1) is 0 Å². The second-order valence-electron chi connectivity index (χ2n) is 3.50. The number of pyridine rings is 1. The van der Waals surface area contributed by atoms with Gasteiger partial charge in [-0.25, -0.2) is 0 Å². The van der Waals surface area contributed by atoms with E-state index in [1.165, 1.54) is 10.8 Å². The third-order valence-corrected chi connectivity index (χ3v) is 1.88. The summed E-state index contributed by atoms with van der Waals surface area (Å²) in [5, 5.41) is 2.45. The number of rotatable bonds is 2. The van der Waals surface area contributed by atoms with Gasteiger partial charge in [0.2, 0.25) is 0 Å². The summed E-state index contributed by atoms with van der Waals surface area (Å²) in [5.41, 5.74) is 0. The second kappa shape index (κ2) is 6.56. The van der Waals surface area contributed by atoms with Crippen molar-refractivity contribution in [1.82, 2.24) is 4.98 Å². The smallest absolute Gasteiger partial charge is 0.293 e. The van der Waals surface area contributed by atoms with Gasteiger partial charge in [-0.1, -0.05) is 24.3 Å². The molecule has 0 unspecified atom stereocenters. The zero-order valence-electron chi connectivity index (χ0n) is 9.46. The molecule has 0 N–H and O–H groups in total. The van der Waals surface area contributed by atoms with Gasteiger partial charge in [-0.05, 0) is 30.7 Å². The summed E-state index contributed by atoms with van der Waals surface area (Å²) in [7, 11) is 0. The Hall–Kier alpha value is -1.90. The minimum absolute atomic E-state index is 0.0301. The Bertz CT molecular complexity index is 375. The molecule has 0 saturated carbocycles. The van der Waals surface area contributed by atoms with E-state index in [0.717, 1.165) is 0 Å². The number of benzene rings is 1. The van der Waals surface area contributed by atoms with Crippen LogP contribution in [-0.2, 0) is 9.53 Å². The molecule has 2 rings (SSSR count). The fourth-order valence-electron chi connectivity index (χ4n) is 1.14. The average Bonchev–Trinajstić information content (AvgIpc) is 2.30. The lowest BCUT2D eigenvalue weighted by molar-refractivity contribution is -0.131. The van der Waals surface area contributed by atoms with Crippen molar-refractivity contribution in [3.8, 4) is 0 Å². The van der Waals surface area contributed by atoms with Crippen molar-refractivity contribution in [3.63, 3.8) is 0 Å². The molecule has 0 saturated heterocycles. The molecular weight excluding hydrogens is 202 g/mol. The molecule has 1 aromatic heterocycles. The molecule has 0 radical (unpaired) electrons. The van der Waals surface area contributed by atoms with E-state index in [4.69, 9.17) is 0 Å². The van der Waals surface area contributed by atoms with Gasteiger partial charge < -0.3 is 4.74 Å². The first-order valence-corrected chi connectivity index (χ1v) is 5.12. The Labute approximate surface area is 95.1 Å². The van der Waals surface area contributed by atoms with Gasteiger partial charge in [0.15, 0.2) is 0 Å². The third kappa shape index (κ3) is 4.09. The number of ether oxygens (including phenoxy) is 1. The number of carbonyl (C=O) groups is 1. The molecule has 84 valence electrons. The van der Waals surface area contributed by atoms with Gasteiger partial charge >= 0.3 is 0 Å². The molecule has 0 aliphatic carbocycles. The standard InChI is InChI=1S/C9H7N.C4H8O2/c1-2-4-9-7-10-6-5-8(9)3-1;1-4(2)6-3-5/h1-7H;3-4H,1-2H3. The monoisotopic (exact) mass is 217 g/mol. The largest absolute Gasteiger partial charge is 0.465 e. The minimum Gasteiger partial charge on any atom is -0.465 e. The Morgan fingerprint density at radius 2 is 1.88 bits per heavy atom. The molecule has 0 fully saturated rings. The maximum Gasteiger partial charge on any atom is 0.293 e. The lowest BCUT2D eigenvalue weighted by Crippen LogP contribution is -1.98. The Morgan fingerprint density at radius 1 is 1.19 bits per heavy atom. The van der Waals surface area contributed by atoms with Crippen LogP contribution in [0.4, 0.5) is 0 Å². The van der Waals surface area contributed by atoms with Gasteiger partial charge in [0.1, 0.15) is 0 Å². The van der Waals surface area contributed by atoms with Crippen LogP contribution in [0.15, 0.2) is 42.7 Å². The second-order valence-corrected chi connectivity index (χ2v) is 3.50. The number of hydrogen-bond acceptors (Lipinski definition) is 3. The van der Waals surface area contributed by atoms with E-state index in [2.05, 4.69) is 21.9 Å². The molecule has 0 aliphatic heterocycles. The van der Waals surface area contributed by atoms with Crippen LogP contribution >= 0.6 is 0 Å². The zero-order valence-corrected chi connectivity index (χ0v) is 9.46. The topological polar surface area (TPSA) is 39.2 Å². The van der Waals surface area contributed by atoms with Crippen molar-refractivity contribution in [2.24, 2.45) is 0 Å². The van der Waals surface area contributed by atoms with Crippen molar-refractivity contribution in [3.05, 3.63) is 42.7 Å². The maximum atomic E-state index is 9.39. The SMILES string of the molecule is CC(C)OC=O.c1ccc2cnccc2c1. The minimum atomic E-state index is 0.0301. The van der Waals surface area contributed by atoms with Crippen LogP contribution in [0.5, 0.6) is 0 Å². The number of fused-ring (bicyclic) bond motifs is 1. The van der Waals surface area contributed by atoms with Gasteiger partial charge in [0.05, 0.1) is 6.10 Å². The summed E-state index contributed by atoms with van der Waals surface area (Å²) in [4.78, 5) is 13.4. The van der Waals surface area contributed by atoms with E-state index < -0.39 is 0 Å². The number of carbonyl (C=O) groups excluding carboxylic acids is 1. The highest BCUT2D eigenvalue weighted by Crippen LogP contribution is 2.09. The molecule has 3 heteroatoms. The predicted molar refractivity (Wildman–Crippen MR) is 64.0 cm³/mol. The van der Waals surface area contributed by atoms with E-state index in [9.17, 15) is 4.79 Å². The Kier molecular flexibility index (Phi) is 4.99. The van der Waals surface area contributed by atoms with Crippen LogP contribution in [0.1, 0.15) is 13.8 Å². The van der Waals surface area contributed by atoms with Crippen molar-refractivity contribution >= 4 is 17.2 Å². The molecule has 0 bridgehead atoms. The lowest BCUT2D eigenvalue weighted by atomic mass is 10.2. The highest BCUT2D eigenvalue weighted by Gasteiger charge is 1.86. The van der Waals surface area contributed by atoms with Gasteiger partial charge in [0.25, 0.3) is 6.47 Å². The summed E-state index contributed by atoms with van der Waals surface area (Å²) >= 11 is 0. The lowest BCUT2D eigenvalue weighted by Gasteiger charge is -1.96. The van der Waals surface area contributed by atoms with E-state index in [1.54, 1.807) is 13.8 Å². The van der Waals surface area contributed by atoms with E-state index >= 15 is 0 Å². The Balaban J connectivity index is 0.000000187. The quantitative estimate of drug-likeness (QED) is 0.726. The van der Waals surface area contributed by atoms with Crippen LogP contribution in [0, 0.1) is 0 Å². The van der Waals surface area contributed by atoms with Crippen LogP contribution in [-0.4, -0.2) is 17.6 Å². The number of aromatic nitrogens is 1. The number of hydrogen-bond donors (Lipinski definition) is 0. The molecule has 16 heavy (non-hydrogen) atoms. The summed E-state index contributed by atoms with van der Waals surface area (Å²) in [6.07, 6.45) is 3.71. The number of nitrogens with zero attached hydrogens (tertiary/aromatic N) is 1. The van der Waals surface area contributed by atoms with E-state index in [1.807, 2.05) is 30.6 Å². The first-order valence-electron chi connectivity index (χ1n) is 5.12. The molecule has 0 atom stereocenters. The van der Waals surface area contributed by atoms with E-state index in [0.29, 0.717) is 6.47 Å². The molecule has 1 heterocycles. The fraction of sp³-hybridized carbons (Fsp3) is 0.231. The zero-order chi connectivity index (χ0) is 11.8. The van der Waals surface area contributed by atoms with Crippen molar-refractivity contribution in [2.75, 3.05) is 0 Å². The molecule has 2 aromatic rings. The van der Waals surface area contributed by atoms with Crippen LogP contribution in [0.25, 0.3) is 10.8 Å². The summed E-state index contributed by atoms with van der Waals surface area (Å²) in [6.45, 7) is 4.05. The highest BCUT2D eigenvalue weighted by atomic mass is 16.5. The summed E-state index contributed by atoms with van der Waals surface area (Å²) in [5.74, 6) is 0. The first kappa shape index (κ1) is 12.2. The summed E-state index contributed by atoms with van der Waals surface area (Å²) < 4.78 is 4.36. The molecule has 0 spiro atoms. The van der Waals surface area contributed by atoms with Crippen molar-refractivity contribution in [1.29, 1.82) is 0 Å². The van der Waals surface area contributed by atoms with E-state index in [-0.39, 0.29) is 6.10 Å². The maximum absolute atomic E-state index is 9.39. The molecule has 0 amide bonds. The van der Waals surface area contributed by atoms with Crippen molar-refractivity contribution < 1.29 is 9.53 Å². The van der Waals surface area contributed by atoms with Crippen LogP contribution in [0.3, 0.4) is 0 Å². The highest BCUT2D eigenvalue weighted by molar-refractivity contribution is 5.80. The Morgan fingerprint density at radius 3 is 2.38 bits per heavy atom. The molecule has 3 nitrogen and oxygen atoms in total. The van der Waals surface area contributed by atoms with Gasteiger partial charge in [0, 0.05) is 12.4 Å². The van der Waals surface area contributed by atoms with Gasteiger partial charge in [-0.3, -0.25) is 9.78 Å².